The van der Waals surface area contributed by atoms with Crippen LogP contribution in [0.5, 0.6) is 0 Å². The van der Waals surface area contributed by atoms with E-state index in [9.17, 15) is 34.2 Å². The summed E-state index contributed by atoms with van der Waals surface area (Å²) in [6.45, 7) is 4.73. The Hall–Kier alpha value is -2.73. The number of carbonyl (C=O) groups is 5. The van der Waals surface area contributed by atoms with Crippen molar-refractivity contribution in [1.82, 2.24) is 20.4 Å². The van der Waals surface area contributed by atoms with E-state index in [1.54, 1.807) is 0 Å². The van der Waals surface area contributed by atoms with Crippen LogP contribution in [0.25, 0.3) is 0 Å². The van der Waals surface area contributed by atoms with Crippen LogP contribution in [0.1, 0.15) is 46.5 Å². The topological polar surface area (TPSA) is 177 Å². The predicted molar refractivity (Wildman–Crippen MR) is 105 cm³/mol. The molecule has 0 aromatic carbocycles. The molecule has 0 aromatic heterocycles. The minimum atomic E-state index is -3.16. The van der Waals surface area contributed by atoms with Crippen molar-refractivity contribution in [2.75, 3.05) is 13.1 Å². The van der Waals surface area contributed by atoms with Gasteiger partial charge >= 0.3 is 5.97 Å². The molecule has 4 amide bonds. The number of carboxylic acid groups (broad SMARTS) is 1. The minimum absolute atomic E-state index is 0.216. The second kappa shape index (κ2) is 9.60. The lowest BCUT2D eigenvalue weighted by molar-refractivity contribution is -0.212. The number of hydrogen-bond donors (Lipinski definition) is 5. The van der Waals surface area contributed by atoms with Crippen LogP contribution in [0.15, 0.2) is 0 Å². The summed E-state index contributed by atoms with van der Waals surface area (Å²) in [5.41, 5.74) is 0. The van der Waals surface area contributed by atoms with Crippen LogP contribution >= 0.6 is 0 Å². The summed E-state index contributed by atoms with van der Waals surface area (Å²) in [4.78, 5) is 63.3. The number of rotatable bonds is 7. The second-order valence-corrected chi connectivity index (χ2v) is 8.05. The average Bonchev–Trinajstić information content (AvgIpc) is 3.36. The number of aliphatic carboxylic acids is 1. The Labute approximate surface area is 179 Å². The van der Waals surface area contributed by atoms with Crippen molar-refractivity contribution < 1.29 is 39.3 Å². The summed E-state index contributed by atoms with van der Waals surface area (Å²) in [6.07, 6.45) is 2.03. The highest BCUT2D eigenvalue weighted by atomic mass is 16.5. The third-order valence-electron chi connectivity index (χ3n) is 5.80. The number of carbonyl (C=O) groups excluding carboxylic acids is 4. The molecule has 0 aromatic rings. The molecule has 2 saturated heterocycles. The highest BCUT2D eigenvalue weighted by molar-refractivity contribution is 5.94. The first-order valence-corrected chi connectivity index (χ1v) is 10.2. The molecule has 31 heavy (non-hydrogen) atoms. The Morgan fingerprint density at radius 2 is 1.39 bits per heavy atom. The van der Waals surface area contributed by atoms with Gasteiger partial charge in [0.2, 0.25) is 23.6 Å². The summed E-state index contributed by atoms with van der Waals surface area (Å²) in [6, 6.07) is -4.03. The monoisotopic (exact) mass is 442 g/mol. The molecular formula is C19H30N4O8. The van der Waals surface area contributed by atoms with Gasteiger partial charge in [0.1, 0.15) is 18.1 Å². The van der Waals surface area contributed by atoms with E-state index in [1.807, 2.05) is 0 Å². The van der Waals surface area contributed by atoms with Crippen molar-refractivity contribution >= 4 is 29.6 Å². The Balaban J connectivity index is 2.00. The van der Waals surface area contributed by atoms with Gasteiger partial charge in [0.15, 0.2) is 0 Å². The van der Waals surface area contributed by atoms with Gasteiger partial charge in [-0.25, -0.2) is 4.79 Å². The van der Waals surface area contributed by atoms with E-state index in [-0.39, 0.29) is 12.5 Å². The molecule has 2 fully saturated rings. The molecule has 2 aliphatic rings. The van der Waals surface area contributed by atoms with E-state index in [2.05, 4.69) is 10.6 Å². The number of carboxylic acids is 1. The molecule has 12 nitrogen and oxygen atoms in total. The van der Waals surface area contributed by atoms with E-state index in [4.69, 9.17) is 5.11 Å². The zero-order chi connectivity index (χ0) is 23.5. The Morgan fingerprint density at radius 1 is 0.903 bits per heavy atom. The third-order valence-corrected chi connectivity index (χ3v) is 5.80. The predicted octanol–water partition coefficient (Wildman–Crippen LogP) is -2.24. The van der Waals surface area contributed by atoms with Gasteiger partial charge < -0.3 is 35.8 Å². The Morgan fingerprint density at radius 3 is 1.90 bits per heavy atom. The van der Waals surface area contributed by atoms with Crippen molar-refractivity contribution in [3.8, 4) is 0 Å². The maximum atomic E-state index is 12.9. The summed E-state index contributed by atoms with van der Waals surface area (Å²) in [5, 5.41) is 32.8. The quantitative estimate of drug-likeness (QED) is 0.275. The van der Waals surface area contributed by atoms with E-state index in [1.165, 1.54) is 23.6 Å². The standard InChI is InChI=1S/C19H30N4O8/c1-10(20-15(25)13-6-4-8-22(13)12(3)24)17(27)23-9-5-7-14(23)16(26)21-11(2)19(30,31)18(28)29/h10-11,13-14,30-31H,4-9H2,1-3H3,(H,20,25)(H,21,26)(H,28,29)/t10-,11?,13-,14-/m0/s1. The number of nitrogens with one attached hydrogen (secondary N) is 2. The first-order valence-electron chi connectivity index (χ1n) is 10.2. The van der Waals surface area contributed by atoms with Crippen molar-refractivity contribution in [3.63, 3.8) is 0 Å². The van der Waals surface area contributed by atoms with Crippen molar-refractivity contribution in [2.24, 2.45) is 0 Å². The zero-order valence-corrected chi connectivity index (χ0v) is 17.8. The van der Waals surface area contributed by atoms with Crippen LogP contribution in [0.2, 0.25) is 0 Å². The first-order chi connectivity index (χ1) is 14.4. The van der Waals surface area contributed by atoms with Gasteiger partial charge in [-0.1, -0.05) is 0 Å². The Bertz CT molecular complexity index is 755. The lowest BCUT2D eigenvalue weighted by atomic mass is 10.1. The second-order valence-electron chi connectivity index (χ2n) is 8.05. The molecule has 1 unspecified atom stereocenters. The summed E-state index contributed by atoms with van der Waals surface area (Å²) >= 11 is 0. The SMILES string of the molecule is CC(=O)N1CCC[C@H]1C(=O)N[C@@H](C)C(=O)N1CCC[C@H]1C(=O)NC(C)C(O)(O)C(=O)O. The highest BCUT2D eigenvalue weighted by Gasteiger charge is 2.43. The van der Waals surface area contributed by atoms with Crippen LogP contribution < -0.4 is 10.6 Å². The molecule has 0 radical (unpaired) electrons. The van der Waals surface area contributed by atoms with Crippen molar-refractivity contribution in [1.29, 1.82) is 0 Å². The molecule has 2 rings (SSSR count). The molecule has 0 aliphatic carbocycles. The van der Waals surface area contributed by atoms with E-state index in [0.29, 0.717) is 32.2 Å². The maximum Gasteiger partial charge on any atom is 0.366 e. The highest BCUT2D eigenvalue weighted by Crippen LogP contribution is 2.21. The lowest BCUT2D eigenvalue weighted by Gasteiger charge is -2.31. The average molecular weight is 442 g/mol. The maximum absolute atomic E-state index is 12.9. The van der Waals surface area contributed by atoms with Gasteiger partial charge in [-0.3, -0.25) is 19.2 Å². The van der Waals surface area contributed by atoms with Crippen LogP contribution in [0.3, 0.4) is 0 Å². The molecule has 12 heteroatoms. The summed E-state index contributed by atoms with van der Waals surface area (Å²) in [7, 11) is 0. The smallest absolute Gasteiger partial charge is 0.366 e. The van der Waals surface area contributed by atoms with Gasteiger partial charge in [-0.2, -0.15) is 0 Å². The largest absolute Gasteiger partial charge is 0.477 e. The summed E-state index contributed by atoms with van der Waals surface area (Å²) < 4.78 is 0. The number of aliphatic hydroxyl groups is 2. The molecule has 2 heterocycles. The molecule has 174 valence electrons. The molecule has 0 spiro atoms. The number of amides is 4. The van der Waals surface area contributed by atoms with Gasteiger partial charge in [0.05, 0.1) is 6.04 Å². The van der Waals surface area contributed by atoms with E-state index < -0.39 is 53.6 Å². The lowest BCUT2D eigenvalue weighted by Crippen LogP contribution is -2.60. The van der Waals surface area contributed by atoms with Crippen molar-refractivity contribution in [3.05, 3.63) is 0 Å². The Kier molecular flexibility index (Phi) is 7.60. The van der Waals surface area contributed by atoms with Crippen LogP contribution in [-0.4, -0.2) is 97.8 Å². The van der Waals surface area contributed by atoms with Gasteiger partial charge in [0, 0.05) is 20.0 Å². The summed E-state index contributed by atoms with van der Waals surface area (Å²) in [5.74, 6) is -6.94. The van der Waals surface area contributed by atoms with E-state index >= 15 is 0 Å². The fraction of sp³-hybridized carbons (Fsp3) is 0.737. The van der Waals surface area contributed by atoms with E-state index in [0.717, 1.165) is 6.92 Å². The fourth-order valence-electron chi connectivity index (χ4n) is 3.93. The van der Waals surface area contributed by atoms with Crippen LogP contribution in [0, 0.1) is 0 Å². The van der Waals surface area contributed by atoms with Crippen LogP contribution in [0.4, 0.5) is 0 Å². The van der Waals surface area contributed by atoms with Crippen LogP contribution in [-0.2, 0) is 24.0 Å². The van der Waals surface area contributed by atoms with Gasteiger partial charge in [-0.05, 0) is 39.5 Å². The molecular weight excluding hydrogens is 412 g/mol. The fourth-order valence-corrected chi connectivity index (χ4v) is 3.93. The number of nitrogens with zero attached hydrogens (tertiary/aromatic N) is 2. The van der Waals surface area contributed by atoms with Crippen molar-refractivity contribution in [2.45, 2.75) is 76.4 Å². The number of likely N-dealkylation sites (tertiary alicyclic amines) is 2. The molecule has 5 N–H and O–H groups in total. The minimum Gasteiger partial charge on any atom is -0.477 e. The zero-order valence-electron chi connectivity index (χ0n) is 17.8. The molecule has 0 bridgehead atoms. The molecule has 4 atom stereocenters. The van der Waals surface area contributed by atoms with Gasteiger partial charge in [-0.15, -0.1) is 0 Å². The molecule has 0 saturated carbocycles. The third kappa shape index (κ3) is 5.31. The van der Waals surface area contributed by atoms with Gasteiger partial charge in [0.25, 0.3) is 5.79 Å². The number of hydrogen-bond acceptors (Lipinski definition) is 7. The molecule has 2 aliphatic heterocycles. The normalized spacial score (nSPS) is 23.3. The first kappa shape index (κ1) is 24.5.